The van der Waals surface area contributed by atoms with Gasteiger partial charge in [-0.1, -0.05) is 18.2 Å². The number of carbonyl (C=O) groups excluding carboxylic acids is 1. The summed E-state index contributed by atoms with van der Waals surface area (Å²) >= 11 is 0. The highest BCUT2D eigenvalue weighted by Crippen LogP contribution is 2.28. The predicted molar refractivity (Wildman–Crippen MR) is 102 cm³/mol. The summed E-state index contributed by atoms with van der Waals surface area (Å²) in [5.41, 5.74) is 3.05. The zero-order valence-electron chi connectivity index (χ0n) is 15.9. The van der Waals surface area contributed by atoms with Crippen LogP contribution in [-0.4, -0.2) is 25.7 Å². The molecule has 0 aliphatic heterocycles. The smallest absolute Gasteiger partial charge is 0.258 e. The lowest BCUT2D eigenvalue weighted by Gasteiger charge is -2.13. The van der Waals surface area contributed by atoms with Crippen molar-refractivity contribution in [3.05, 3.63) is 53.1 Å². The van der Waals surface area contributed by atoms with Crippen molar-refractivity contribution in [3.63, 3.8) is 0 Å². The molecule has 0 saturated heterocycles. The molecule has 0 spiro atoms. The van der Waals surface area contributed by atoms with Crippen LogP contribution >= 0.6 is 0 Å². The standard InChI is InChI=1S/C21H27NO4/c1-5-24-18-10-9-17(12-20(18)25-6-2)13-22-21(23)14-26-19-11-15(3)7-8-16(19)4/h7-12H,5-6,13-14H2,1-4H3,(H,22,23). The van der Waals surface area contributed by atoms with Crippen LogP contribution in [0.3, 0.4) is 0 Å². The Labute approximate surface area is 155 Å². The number of aryl methyl sites for hydroxylation is 2. The highest BCUT2D eigenvalue weighted by molar-refractivity contribution is 5.77. The Morgan fingerprint density at radius 3 is 2.35 bits per heavy atom. The lowest BCUT2D eigenvalue weighted by molar-refractivity contribution is -0.123. The summed E-state index contributed by atoms with van der Waals surface area (Å²) < 4.78 is 16.8. The van der Waals surface area contributed by atoms with Crippen LogP contribution in [0.4, 0.5) is 0 Å². The maximum absolute atomic E-state index is 12.1. The average molecular weight is 357 g/mol. The van der Waals surface area contributed by atoms with Gasteiger partial charge >= 0.3 is 0 Å². The van der Waals surface area contributed by atoms with Gasteiger partial charge < -0.3 is 19.5 Å². The van der Waals surface area contributed by atoms with Crippen LogP contribution in [0.15, 0.2) is 36.4 Å². The van der Waals surface area contributed by atoms with Crippen LogP contribution in [0.2, 0.25) is 0 Å². The number of amides is 1. The normalized spacial score (nSPS) is 10.3. The highest BCUT2D eigenvalue weighted by Gasteiger charge is 2.08. The van der Waals surface area contributed by atoms with Gasteiger partial charge in [0.05, 0.1) is 13.2 Å². The Morgan fingerprint density at radius 2 is 1.62 bits per heavy atom. The maximum Gasteiger partial charge on any atom is 0.258 e. The van der Waals surface area contributed by atoms with Crippen molar-refractivity contribution in [1.29, 1.82) is 0 Å². The number of nitrogens with one attached hydrogen (secondary N) is 1. The molecule has 0 aromatic heterocycles. The van der Waals surface area contributed by atoms with Crippen molar-refractivity contribution in [1.82, 2.24) is 5.32 Å². The summed E-state index contributed by atoms with van der Waals surface area (Å²) in [4.78, 5) is 12.1. The second kappa shape index (κ2) is 9.70. The molecule has 0 saturated carbocycles. The van der Waals surface area contributed by atoms with E-state index < -0.39 is 0 Å². The van der Waals surface area contributed by atoms with Crippen molar-refractivity contribution in [2.24, 2.45) is 0 Å². The van der Waals surface area contributed by atoms with Gasteiger partial charge in [0.2, 0.25) is 0 Å². The summed E-state index contributed by atoms with van der Waals surface area (Å²) in [6, 6.07) is 11.6. The van der Waals surface area contributed by atoms with E-state index in [-0.39, 0.29) is 12.5 Å². The number of ether oxygens (including phenoxy) is 3. The first-order valence-corrected chi connectivity index (χ1v) is 8.88. The average Bonchev–Trinajstić information content (AvgIpc) is 2.63. The third kappa shape index (κ3) is 5.69. The fourth-order valence-corrected chi connectivity index (χ4v) is 2.46. The Morgan fingerprint density at radius 1 is 0.885 bits per heavy atom. The van der Waals surface area contributed by atoms with Crippen LogP contribution in [0, 0.1) is 13.8 Å². The third-order valence-electron chi connectivity index (χ3n) is 3.80. The molecule has 0 aliphatic carbocycles. The van der Waals surface area contributed by atoms with E-state index in [2.05, 4.69) is 5.32 Å². The van der Waals surface area contributed by atoms with E-state index in [1.165, 1.54) is 0 Å². The third-order valence-corrected chi connectivity index (χ3v) is 3.80. The molecule has 1 N–H and O–H groups in total. The van der Waals surface area contributed by atoms with Gasteiger partial charge in [-0.05, 0) is 62.6 Å². The van der Waals surface area contributed by atoms with Crippen molar-refractivity contribution < 1.29 is 19.0 Å². The van der Waals surface area contributed by atoms with E-state index in [0.717, 1.165) is 22.4 Å². The lowest BCUT2D eigenvalue weighted by atomic mass is 10.1. The van der Waals surface area contributed by atoms with Gasteiger partial charge in [0, 0.05) is 6.54 Å². The summed E-state index contributed by atoms with van der Waals surface area (Å²) in [5.74, 6) is 1.97. The number of rotatable bonds is 9. The first-order valence-electron chi connectivity index (χ1n) is 8.88. The molecular weight excluding hydrogens is 330 g/mol. The van der Waals surface area contributed by atoms with Gasteiger partial charge in [-0.3, -0.25) is 4.79 Å². The van der Waals surface area contributed by atoms with Crippen LogP contribution < -0.4 is 19.5 Å². The minimum Gasteiger partial charge on any atom is -0.490 e. The highest BCUT2D eigenvalue weighted by atomic mass is 16.5. The van der Waals surface area contributed by atoms with E-state index >= 15 is 0 Å². The summed E-state index contributed by atoms with van der Waals surface area (Å²) in [5, 5.41) is 2.86. The maximum atomic E-state index is 12.1. The molecule has 5 heteroatoms. The SMILES string of the molecule is CCOc1ccc(CNC(=O)COc2cc(C)ccc2C)cc1OCC. The van der Waals surface area contributed by atoms with Gasteiger partial charge in [0.15, 0.2) is 18.1 Å². The molecule has 2 aromatic carbocycles. The minimum absolute atomic E-state index is 0.0142. The second-order valence-corrected chi connectivity index (χ2v) is 5.98. The fourth-order valence-electron chi connectivity index (χ4n) is 2.46. The number of benzene rings is 2. The zero-order valence-corrected chi connectivity index (χ0v) is 15.9. The van der Waals surface area contributed by atoms with Crippen molar-refractivity contribution in [2.75, 3.05) is 19.8 Å². The zero-order chi connectivity index (χ0) is 18.9. The second-order valence-electron chi connectivity index (χ2n) is 5.98. The van der Waals surface area contributed by atoms with E-state index in [1.54, 1.807) is 0 Å². The van der Waals surface area contributed by atoms with E-state index in [9.17, 15) is 4.79 Å². The number of hydrogen-bond acceptors (Lipinski definition) is 4. The summed E-state index contributed by atoms with van der Waals surface area (Å²) in [7, 11) is 0. The van der Waals surface area contributed by atoms with Crippen LogP contribution in [0.25, 0.3) is 0 Å². The summed E-state index contributed by atoms with van der Waals surface area (Å²) in [6.07, 6.45) is 0. The Hall–Kier alpha value is -2.69. The molecule has 0 bridgehead atoms. The summed E-state index contributed by atoms with van der Waals surface area (Å²) in [6.45, 7) is 9.33. The fraction of sp³-hybridized carbons (Fsp3) is 0.381. The lowest BCUT2D eigenvalue weighted by Crippen LogP contribution is -2.28. The molecule has 26 heavy (non-hydrogen) atoms. The number of hydrogen-bond donors (Lipinski definition) is 1. The first kappa shape index (κ1) is 19.6. The van der Waals surface area contributed by atoms with Crippen LogP contribution in [-0.2, 0) is 11.3 Å². The van der Waals surface area contributed by atoms with Gasteiger partial charge in [-0.2, -0.15) is 0 Å². The van der Waals surface area contributed by atoms with E-state index in [4.69, 9.17) is 14.2 Å². The van der Waals surface area contributed by atoms with E-state index in [1.807, 2.05) is 64.1 Å². The van der Waals surface area contributed by atoms with Crippen molar-refractivity contribution in [2.45, 2.75) is 34.2 Å². The van der Waals surface area contributed by atoms with E-state index in [0.29, 0.717) is 31.3 Å². The van der Waals surface area contributed by atoms with Crippen LogP contribution in [0.1, 0.15) is 30.5 Å². The van der Waals surface area contributed by atoms with Crippen molar-refractivity contribution in [3.8, 4) is 17.2 Å². The molecular formula is C21H27NO4. The van der Waals surface area contributed by atoms with Gasteiger partial charge in [0.1, 0.15) is 5.75 Å². The van der Waals surface area contributed by atoms with Gasteiger partial charge in [-0.25, -0.2) is 0 Å². The molecule has 0 fully saturated rings. The molecule has 5 nitrogen and oxygen atoms in total. The molecule has 2 rings (SSSR count). The monoisotopic (exact) mass is 357 g/mol. The first-order chi connectivity index (χ1) is 12.5. The molecule has 0 aliphatic rings. The molecule has 140 valence electrons. The van der Waals surface area contributed by atoms with Gasteiger partial charge in [0.25, 0.3) is 5.91 Å². The predicted octanol–water partition coefficient (Wildman–Crippen LogP) is 3.80. The topological polar surface area (TPSA) is 56.8 Å². The minimum atomic E-state index is -0.169. The van der Waals surface area contributed by atoms with Crippen molar-refractivity contribution >= 4 is 5.91 Å². The molecule has 1 amide bonds. The van der Waals surface area contributed by atoms with Crippen LogP contribution in [0.5, 0.6) is 17.2 Å². The molecule has 0 atom stereocenters. The Balaban J connectivity index is 1.90. The molecule has 0 unspecified atom stereocenters. The number of carbonyl (C=O) groups is 1. The Kier molecular flexibility index (Phi) is 7.33. The Bertz CT molecular complexity index is 743. The molecule has 0 heterocycles. The molecule has 0 radical (unpaired) electrons. The van der Waals surface area contributed by atoms with Gasteiger partial charge in [-0.15, -0.1) is 0 Å². The largest absolute Gasteiger partial charge is 0.490 e. The quantitative estimate of drug-likeness (QED) is 0.742. The molecule has 2 aromatic rings.